The average Bonchev–Trinajstić information content (AvgIpc) is 2.32. The summed E-state index contributed by atoms with van der Waals surface area (Å²) in [7, 11) is 0. The summed E-state index contributed by atoms with van der Waals surface area (Å²) < 4.78 is 0. The van der Waals surface area contributed by atoms with Crippen LogP contribution in [0.1, 0.15) is 30.4 Å². The van der Waals surface area contributed by atoms with Gasteiger partial charge in [-0.05, 0) is 37.4 Å². The highest BCUT2D eigenvalue weighted by Crippen LogP contribution is 2.21. The van der Waals surface area contributed by atoms with Crippen LogP contribution in [0.4, 0.5) is 0 Å². The van der Waals surface area contributed by atoms with E-state index in [4.69, 9.17) is 0 Å². The minimum Gasteiger partial charge on any atom is -0.480 e. The number of likely N-dealkylation sites (tertiary alicyclic amines) is 1. The molecule has 0 aliphatic carbocycles. The zero-order valence-corrected chi connectivity index (χ0v) is 10.2. The molecule has 0 aromatic heterocycles. The molecule has 1 atom stereocenters. The van der Waals surface area contributed by atoms with Gasteiger partial charge in [0.05, 0.1) is 0 Å². The molecule has 1 aromatic rings. The monoisotopic (exact) mass is 233 g/mol. The maximum Gasteiger partial charge on any atom is 0.320 e. The van der Waals surface area contributed by atoms with E-state index >= 15 is 0 Å². The van der Waals surface area contributed by atoms with Gasteiger partial charge in [-0.1, -0.05) is 30.7 Å². The number of hydrogen-bond acceptors (Lipinski definition) is 2. The number of aliphatic carboxylic acids is 1. The standard InChI is InChI=1S/C14H19NO2/c1-11-6-2-3-7-12(11)10-15-9-5-4-8-13(15)14(16)17/h2-3,6-7,13H,4-5,8-10H2,1H3,(H,16,17). The van der Waals surface area contributed by atoms with Crippen molar-refractivity contribution in [2.75, 3.05) is 6.54 Å². The Labute approximate surface area is 102 Å². The van der Waals surface area contributed by atoms with Crippen LogP contribution in [-0.2, 0) is 11.3 Å². The summed E-state index contributed by atoms with van der Waals surface area (Å²) in [4.78, 5) is 13.3. The maximum atomic E-state index is 11.2. The van der Waals surface area contributed by atoms with Crippen molar-refractivity contribution < 1.29 is 9.90 Å². The second kappa shape index (κ2) is 5.32. The third kappa shape index (κ3) is 2.86. The number of rotatable bonds is 3. The Morgan fingerprint density at radius 2 is 2.18 bits per heavy atom. The Kier molecular flexibility index (Phi) is 3.79. The van der Waals surface area contributed by atoms with Crippen LogP contribution in [0, 0.1) is 6.92 Å². The van der Waals surface area contributed by atoms with Gasteiger partial charge in [0.15, 0.2) is 0 Å². The first kappa shape index (κ1) is 12.1. The summed E-state index contributed by atoms with van der Waals surface area (Å²) in [5.41, 5.74) is 2.47. The number of carbonyl (C=O) groups is 1. The molecule has 0 saturated carbocycles. The lowest BCUT2D eigenvalue weighted by atomic mass is 10.00. The Bertz CT molecular complexity index is 403. The summed E-state index contributed by atoms with van der Waals surface area (Å²) >= 11 is 0. The quantitative estimate of drug-likeness (QED) is 0.871. The predicted octanol–water partition coefficient (Wildman–Crippen LogP) is 2.43. The van der Waals surface area contributed by atoms with Crippen molar-refractivity contribution in [3.05, 3.63) is 35.4 Å². The molecule has 1 N–H and O–H groups in total. The maximum absolute atomic E-state index is 11.2. The van der Waals surface area contributed by atoms with Crippen molar-refractivity contribution in [3.8, 4) is 0 Å². The fourth-order valence-corrected chi connectivity index (χ4v) is 2.47. The molecule has 17 heavy (non-hydrogen) atoms. The Morgan fingerprint density at radius 3 is 2.88 bits per heavy atom. The van der Waals surface area contributed by atoms with Gasteiger partial charge in [-0.3, -0.25) is 9.69 Å². The van der Waals surface area contributed by atoms with E-state index in [1.807, 2.05) is 12.1 Å². The van der Waals surface area contributed by atoms with Gasteiger partial charge in [0.1, 0.15) is 6.04 Å². The van der Waals surface area contributed by atoms with Crippen molar-refractivity contribution in [3.63, 3.8) is 0 Å². The molecular formula is C14H19NO2. The molecule has 3 nitrogen and oxygen atoms in total. The number of carboxylic acids is 1. The molecule has 1 saturated heterocycles. The van der Waals surface area contributed by atoms with Crippen molar-refractivity contribution in [2.24, 2.45) is 0 Å². The third-order valence-corrected chi connectivity index (χ3v) is 3.53. The van der Waals surface area contributed by atoms with Crippen LogP contribution in [-0.4, -0.2) is 28.6 Å². The fourth-order valence-electron chi connectivity index (χ4n) is 2.47. The Balaban J connectivity index is 2.11. The van der Waals surface area contributed by atoms with Gasteiger partial charge in [0, 0.05) is 6.54 Å². The second-order valence-corrected chi connectivity index (χ2v) is 4.75. The number of aryl methyl sites for hydroxylation is 1. The molecule has 0 radical (unpaired) electrons. The fraction of sp³-hybridized carbons (Fsp3) is 0.500. The highest BCUT2D eigenvalue weighted by atomic mass is 16.4. The molecule has 1 aromatic carbocycles. The molecule has 0 spiro atoms. The van der Waals surface area contributed by atoms with Gasteiger partial charge in [-0.15, -0.1) is 0 Å². The molecule has 2 rings (SSSR count). The summed E-state index contributed by atoms with van der Waals surface area (Å²) in [6, 6.07) is 7.90. The summed E-state index contributed by atoms with van der Waals surface area (Å²) in [5, 5.41) is 9.21. The SMILES string of the molecule is Cc1ccccc1CN1CCCCC1C(=O)O. The minimum atomic E-state index is -0.682. The Morgan fingerprint density at radius 1 is 1.41 bits per heavy atom. The highest BCUT2D eigenvalue weighted by molar-refractivity contribution is 5.73. The number of carboxylic acid groups (broad SMARTS) is 1. The van der Waals surface area contributed by atoms with Gasteiger partial charge < -0.3 is 5.11 Å². The summed E-state index contributed by atoms with van der Waals surface area (Å²) in [5.74, 6) is -0.682. The molecular weight excluding hydrogens is 214 g/mol. The van der Waals surface area contributed by atoms with Crippen molar-refractivity contribution in [2.45, 2.75) is 38.8 Å². The predicted molar refractivity (Wildman–Crippen MR) is 66.9 cm³/mol. The van der Waals surface area contributed by atoms with E-state index in [1.54, 1.807) is 0 Å². The minimum absolute atomic E-state index is 0.302. The zero-order valence-electron chi connectivity index (χ0n) is 10.2. The van der Waals surface area contributed by atoms with E-state index in [2.05, 4.69) is 24.0 Å². The van der Waals surface area contributed by atoms with Crippen LogP contribution in [0.25, 0.3) is 0 Å². The molecule has 1 heterocycles. The van der Waals surface area contributed by atoms with E-state index in [0.29, 0.717) is 0 Å². The van der Waals surface area contributed by atoms with Crippen molar-refractivity contribution in [1.29, 1.82) is 0 Å². The van der Waals surface area contributed by atoms with Gasteiger partial charge >= 0.3 is 5.97 Å². The van der Waals surface area contributed by atoms with Gasteiger partial charge in [-0.25, -0.2) is 0 Å². The lowest BCUT2D eigenvalue weighted by Gasteiger charge is -2.33. The van der Waals surface area contributed by atoms with Crippen molar-refractivity contribution in [1.82, 2.24) is 4.90 Å². The van der Waals surface area contributed by atoms with Crippen LogP contribution < -0.4 is 0 Å². The first-order valence-corrected chi connectivity index (χ1v) is 6.20. The summed E-state index contributed by atoms with van der Waals surface area (Å²) in [6.07, 6.45) is 2.91. The summed E-state index contributed by atoms with van der Waals surface area (Å²) in [6.45, 7) is 3.73. The molecule has 1 aliphatic rings. The molecule has 92 valence electrons. The van der Waals surface area contributed by atoms with Crippen LogP contribution in [0.2, 0.25) is 0 Å². The van der Waals surface area contributed by atoms with Crippen LogP contribution in [0.5, 0.6) is 0 Å². The number of piperidine rings is 1. The first-order valence-electron chi connectivity index (χ1n) is 6.20. The van der Waals surface area contributed by atoms with E-state index < -0.39 is 5.97 Å². The molecule has 0 bridgehead atoms. The second-order valence-electron chi connectivity index (χ2n) is 4.75. The zero-order chi connectivity index (χ0) is 12.3. The van der Waals surface area contributed by atoms with E-state index in [1.165, 1.54) is 11.1 Å². The average molecular weight is 233 g/mol. The van der Waals surface area contributed by atoms with E-state index in [9.17, 15) is 9.90 Å². The molecule has 0 amide bonds. The van der Waals surface area contributed by atoms with Crippen LogP contribution in [0.15, 0.2) is 24.3 Å². The molecule has 1 fully saturated rings. The van der Waals surface area contributed by atoms with Crippen molar-refractivity contribution >= 4 is 5.97 Å². The van der Waals surface area contributed by atoms with Gasteiger partial charge in [0.2, 0.25) is 0 Å². The van der Waals surface area contributed by atoms with E-state index in [0.717, 1.165) is 32.4 Å². The number of benzene rings is 1. The smallest absolute Gasteiger partial charge is 0.320 e. The lowest BCUT2D eigenvalue weighted by Crippen LogP contribution is -2.44. The molecule has 1 unspecified atom stereocenters. The normalized spacial score (nSPS) is 21.4. The topological polar surface area (TPSA) is 40.5 Å². The largest absolute Gasteiger partial charge is 0.480 e. The molecule has 3 heteroatoms. The highest BCUT2D eigenvalue weighted by Gasteiger charge is 2.28. The molecule has 1 aliphatic heterocycles. The first-order chi connectivity index (χ1) is 8.18. The van der Waals surface area contributed by atoms with Crippen LogP contribution in [0.3, 0.4) is 0 Å². The Hall–Kier alpha value is -1.35. The lowest BCUT2D eigenvalue weighted by molar-refractivity contribution is -0.144. The van der Waals surface area contributed by atoms with Gasteiger partial charge in [0.25, 0.3) is 0 Å². The number of nitrogens with zero attached hydrogens (tertiary/aromatic N) is 1. The van der Waals surface area contributed by atoms with Gasteiger partial charge in [-0.2, -0.15) is 0 Å². The third-order valence-electron chi connectivity index (χ3n) is 3.53. The van der Waals surface area contributed by atoms with E-state index in [-0.39, 0.29) is 6.04 Å². The van der Waals surface area contributed by atoms with Crippen LogP contribution >= 0.6 is 0 Å². The number of hydrogen-bond donors (Lipinski definition) is 1.